The van der Waals surface area contributed by atoms with Crippen LogP contribution < -0.4 is 5.73 Å². The van der Waals surface area contributed by atoms with E-state index in [2.05, 4.69) is 5.73 Å². The van der Waals surface area contributed by atoms with Gasteiger partial charge in [0.15, 0.2) is 0 Å². The van der Waals surface area contributed by atoms with Crippen molar-refractivity contribution in [3.05, 3.63) is 0 Å². The fourth-order valence-corrected chi connectivity index (χ4v) is 0.371. The average Bonchev–Trinajstić information content (AvgIpc) is 1.86. The van der Waals surface area contributed by atoms with Crippen molar-refractivity contribution >= 4 is 18.0 Å². The first-order valence-electron chi connectivity index (χ1n) is 2.72. The van der Waals surface area contributed by atoms with Gasteiger partial charge in [-0.15, -0.1) is 0 Å². The number of hydrogen-bond acceptors (Lipinski definition) is 3. The van der Waals surface area contributed by atoms with Gasteiger partial charge < -0.3 is 10.5 Å². The molecule has 0 bridgehead atoms. The Morgan fingerprint density at radius 1 is 1.40 bits per heavy atom. The molecule has 0 aliphatic carbocycles. The van der Waals surface area contributed by atoms with Gasteiger partial charge in [-0.25, -0.2) is 0 Å². The van der Waals surface area contributed by atoms with Crippen molar-refractivity contribution in [1.82, 2.24) is 0 Å². The molecule has 0 heterocycles. The second-order valence-electron chi connectivity index (χ2n) is 2.53. The Morgan fingerprint density at radius 2 is 1.80 bits per heavy atom. The van der Waals surface area contributed by atoms with Crippen molar-refractivity contribution in [2.75, 3.05) is 0 Å². The quantitative estimate of drug-likeness (QED) is 0.321. The number of carbonyl (C=O) groups excluding carboxylic acids is 3. The minimum absolute atomic E-state index is 0.403. The van der Waals surface area contributed by atoms with E-state index in [1.165, 1.54) is 13.8 Å². The molecule has 10 heavy (non-hydrogen) atoms. The van der Waals surface area contributed by atoms with E-state index in [9.17, 15) is 14.4 Å². The topological polar surface area (TPSA) is 77.2 Å². The second-order valence-corrected chi connectivity index (χ2v) is 2.53. The maximum Gasteiger partial charge on any atom is 0.285 e. The fraction of sp³-hybridized carbons (Fsp3) is 0.500. The van der Waals surface area contributed by atoms with E-state index >= 15 is 0 Å². The minimum Gasteiger partial charge on any atom is -0.363 e. The highest BCUT2D eigenvalue weighted by atomic mass is 16.2. The van der Waals surface area contributed by atoms with Crippen LogP contribution in [0.3, 0.4) is 0 Å². The second kappa shape index (κ2) is 2.60. The molecule has 0 atom stereocenters. The molecule has 0 saturated heterocycles. The van der Waals surface area contributed by atoms with Gasteiger partial charge in [0.25, 0.3) is 5.91 Å². The van der Waals surface area contributed by atoms with E-state index in [0.717, 1.165) is 0 Å². The summed E-state index contributed by atoms with van der Waals surface area (Å²) in [7, 11) is 0. The largest absolute Gasteiger partial charge is 0.363 e. The first-order chi connectivity index (χ1) is 4.41. The summed E-state index contributed by atoms with van der Waals surface area (Å²) >= 11 is 0. The Hall–Kier alpha value is -1.19. The average molecular weight is 143 g/mol. The van der Waals surface area contributed by atoms with Crippen molar-refractivity contribution in [1.29, 1.82) is 0 Å². The Bertz CT molecular complexity index is 183. The zero-order valence-corrected chi connectivity index (χ0v) is 5.88. The van der Waals surface area contributed by atoms with Crippen molar-refractivity contribution in [2.45, 2.75) is 13.8 Å². The van der Waals surface area contributed by atoms with Crippen LogP contribution in [0.4, 0.5) is 0 Å². The molecule has 2 N–H and O–H groups in total. The van der Waals surface area contributed by atoms with Crippen LogP contribution in [0, 0.1) is 5.41 Å². The van der Waals surface area contributed by atoms with Crippen LogP contribution in [0.25, 0.3) is 0 Å². The number of hydrogen-bond donors (Lipinski definition) is 1. The predicted molar refractivity (Wildman–Crippen MR) is 34.0 cm³/mol. The van der Waals surface area contributed by atoms with Gasteiger partial charge in [-0.1, -0.05) is 0 Å². The van der Waals surface area contributed by atoms with E-state index in [4.69, 9.17) is 0 Å². The first kappa shape index (κ1) is 8.81. The third-order valence-electron chi connectivity index (χ3n) is 1.10. The lowest BCUT2D eigenvalue weighted by Crippen LogP contribution is -2.36. The zero-order chi connectivity index (χ0) is 8.36. The number of aldehydes is 1. The van der Waals surface area contributed by atoms with Crippen LogP contribution in [0.5, 0.6) is 0 Å². The van der Waals surface area contributed by atoms with Gasteiger partial charge in [0, 0.05) is 0 Å². The molecule has 0 aromatic carbocycles. The zero-order valence-electron chi connectivity index (χ0n) is 5.88. The van der Waals surface area contributed by atoms with Crippen molar-refractivity contribution < 1.29 is 14.4 Å². The van der Waals surface area contributed by atoms with Gasteiger partial charge in [0.05, 0.1) is 5.41 Å². The first-order valence-corrected chi connectivity index (χ1v) is 2.72. The Kier molecular flexibility index (Phi) is 2.29. The van der Waals surface area contributed by atoms with Crippen LogP contribution in [0.15, 0.2) is 0 Å². The predicted octanol–water partition coefficient (Wildman–Crippen LogP) is -0.734. The molecule has 0 radical (unpaired) electrons. The summed E-state index contributed by atoms with van der Waals surface area (Å²) in [6.07, 6.45) is 0.403. The van der Waals surface area contributed by atoms with Crippen LogP contribution in [-0.4, -0.2) is 18.0 Å². The normalized spacial score (nSPS) is 10.6. The monoisotopic (exact) mass is 143 g/mol. The van der Waals surface area contributed by atoms with Crippen LogP contribution in [0.2, 0.25) is 0 Å². The Labute approximate surface area is 58.4 Å². The number of carbonyl (C=O) groups is 3. The Balaban J connectivity index is 4.49. The van der Waals surface area contributed by atoms with Gasteiger partial charge >= 0.3 is 0 Å². The number of rotatable bonds is 3. The molecule has 0 saturated carbocycles. The molecule has 0 unspecified atom stereocenters. The van der Waals surface area contributed by atoms with E-state index < -0.39 is 17.1 Å². The summed E-state index contributed by atoms with van der Waals surface area (Å²) < 4.78 is 0. The maximum absolute atomic E-state index is 10.7. The highest BCUT2D eigenvalue weighted by Crippen LogP contribution is 2.11. The molecule has 0 spiro atoms. The molecule has 0 aliphatic heterocycles. The number of Topliss-reactive ketones (excluding diaryl/α,β-unsaturated/α-hetero) is 1. The minimum atomic E-state index is -1.27. The summed E-state index contributed by atoms with van der Waals surface area (Å²) in [6, 6.07) is 0. The van der Waals surface area contributed by atoms with E-state index in [1.807, 2.05) is 0 Å². The molecule has 0 aromatic heterocycles. The van der Waals surface area contributed by atoms with Gasteiger partial charge in [-0.3, -0.25) is 9.59 Å². The molecular formula is C6H9NO3. The van der Waals surface area contributed by atoms with Crippen molar-refractivity contribution in [2.24, 2.45) is 11.1 Å². The van der Waals surface area contributed by atoms with E-state index in [0.29, 0.717) is 6.29 Å². The highest BCUT2D eigenvalue weighted by molar-refractivity contribution is 6.40. The summed E-state index contributed by atoms with van der Waals surface area (Å²) in [5.41, 5.74) is 3.38. The van der Waals surface area contributed by atoms with Crippen molar-refractivity contribution in [3.63, 3.8) is 0 Å². The number of nitrogens with two attached hydrogens (primary N) is 1. The summed E-state index contributed by atoms with van der Waals surface area (Å²) in [6.45, 7) is 2.68. The third kappa shape index (κ3) is 1.65. The van der Waals surface area contributed by atoms with E-state index in [-0.39, 0.29) is 0 Å². The SMILES string of the molecule is CC(C)(C=O)C(=O)C(N)=O. The maximum atomic E-state index is 10.7. The molecule has 0 rings (SSSR count). The molecule has 0 aliphatic rings. The smallest absolute Gasteiger partial charge is 0.285 e. The lowest BCUT2D eigenvalue weighted by Gasteiger charge is -2.10. The molecule has 0 aromatic rings. The standard InChI is InChI=1S/C6H9NO3/c1-6(2,3-8)4(9)5(7)10/h3H,1-2H3,(H2,7,10). The number of ketones is 1. The Morgan fingerprint density at radius 3 is 1.90 bits per heavy atom. The van der Waals surface area contributed by atoms with Gasteiger partial charge in [-0.2, -0.15) is 0 Å². The number of primary amides is 1. The summed E-state index contributed by atoms with van der Waals surface area (Å²) in [4.78, 5) is 31.1. The van der Waals surface area contributed by atoms with E-state index in [1.54, 1.807) is 0 Å². The van der Waals surface area contributed by atoms with Gasteiger partial charge in [0.1, 0.15) is 6.29 Å². The molecule has 4 heteroatoms. The lowest BCUT2D eigenvalue weighted by atomic mass is 9.90. The lowest BCUT2D eigenvalue weighted by molar-refractivity contribution is -0.143. The molecule has 0 fully saturated rings. The molecular weight excluding hydrogens is 134 g/mol. The van der Waals surface area contributed by atoms with Crippen LogP contribution in [0.1, 0.15) is 13.8 Å². The van der Waals surface area contributed by atoms with Crippen LogP contribution in [-0.2, 0) is 14.4 Å². The molecule has 4 nitrogen and oxygen atoms in total. The van der Waals surface area contributed by atoms with Gasteiger partial charge in [0.2, 0.25) is 5.78 Å². The van der Waals surface area contributed by atoms with Gasteiger partial charge in [-0.05, 0) is 13.8 Å². The van der Waals surface area contributed by atoms with Crippen LogP contribution >= 0.6 is 0 Å². The number of amides is 1. The van der Waals surface area contributed by atoms with Crippen molar-refractivity contribution in [3.8, 4) is 0 Å². The molecule has 56 valence electrons. The fourth-order valence-electron chi connectivity index (χ4n) is 0.371. The third-order valence-corrected chi connectivity index (χ3v) is 1.10. The summed E-state index contributed by atoms with van der Waals surface area (Å²) in [5.74, 6) is -1.93. The highest BCUT2D eigenvalue weighted by Gasteiger charge is 2.30. The molecule has 1 amide bonds. The summed E-state index contributed by atoms with van der Waals surface area (Å²) in [5, 5.41) is 0.